The normalized spacial score (nSPS) is 10.7. The molecule has 0 bridgehead atoms. The molecular formula is C13H19BrFN. The molecule has 0 amide bonds. The van der Waals surface area contributed by atoms with Crippen LogP contribution in [0.2, 0.25) is 0 Å². The molecule has 0 fully saturated rings. The van der Waals surface area contributed by atoms with Crippen molar-refractivity contribution in [1.82, 2.24) is 5.32 Å². The minimum Gasteiger partial charge on any atom is -0.313 e. The van der Waals surface area contributed by atoms with E-state index >= 15 is 0 Å². The van der Waals surface area contributed by atoms with Crippen molar-refractivity contribution in [2.75, 3.05) is 6.54 Å². The fourth-order valence-corrected chi connectivity index (χ4v) is 1.81. The number of hydrogen-bond acceptors (Lipinski definition) is 1. The van der Waals surface area contributed by atoms with Crippen LogP contribution in [0.4, 0.5) is 4.39 Å². The molecule has 1 N–H and O–H groups in total. The van der Waals surface area contributed by atoms with Gasteiger partial charge >= 0.3 is 0 Å². The lowest BCUT2D eigenvalue weighted by Gasteiger charge is -2.05. The van der Waals surface area contributed by atoms with E-state index in [1.165, 1.54) is 25.7 Å². The van der Waals surface area contributed by atoms with Gasteiger partial charge in [0.05, 0.1) is 4.47 Å². The Bertz CT molecular complexity index is 315. The molecule has 0 atom stereocenters. The molecule has 0 aliphatic heterocycles. The number of rotatable bonds is 7. The van der Waals surface area contributed by atoms with Gasteiger partial charge in [-0.3, -0.25) is 0 Å². The Labute approximate surface area is 106 Å². The molecule has 0 aliphatic carbocycles. The van der Waals surface area contributed by atoms with E-state index < -0.39 is 0 Å². The maximum absolute atomic E-state index is 13.2. The van der Waals surface area contributed by atoms with Gasteiger partial charge in [-0.1, -0.05) is 32.3 Å². The van der Waals surface area contributed by atoms with Gasteiger partial charge in [0, 0.05) is 6.54 Å². The van der Waals surface area contributed by atoms with Crippen LogP contribution in [0.5, 0.6) is 0 Å². The molecule has 90 valence electrons. The Morgan fingerprint density at radius 2 is 2.06 bits per heavy atom. The minimum atomic E-state index is -0.190. The fraction of sp³-hybridized carbons (Fsp3) is 0.538. The molecule has 0 saturated heterocycles. The van der Waals surface area contributed by atoms with Gasteiger partial charge in [-0.2, -0.15) is 0 Å². The van der Waals surface area contributed by atoms with Gasteiger partial charge in [-0.05, 0) is 46.6 Å². The molecule has 16 heavy (non-hydrogen) atoms. The SMILES string of the molecule is CCCCCCNCc1ccc(Br)c(F)c1. The molecule has 1 rings (SSSR count). The van der Waals surface area contributed by atoms with Crippen LogP contribution < -0.4 is 5.32 Å². The van der Waals surface area contributed by atoms with Crippen LogP contribution in [0.1, 0.15) is 38.2 Å². The van der Waals surface area contributed by atoms with E-state index in [2.05, 4.69) is 28.2 Å². The van der Waals surface area contributed by atoms with Gasteiger partial charge in [0.2, 0.25) is 0 Å². The van der Waals surface area contributed by atoms with Crippen LogP contribution in [0.3, 0.4) is 0 Å². The smallest absolute Gasteiger partial charge is 0.137 e. The summed E-state index contributed by atoms with van der Waals surface area (Å²) in [6.45, 7) is 3.96. The van der Waals surface area contributed by atoms with E-state index in [1.54, 1.807) is 12.1 Å². The van der Waals surface area contributed by atoms with E-state index in [9.17, 15) is 4.39 Å². The molecular weight excluding hydrogens is 269 g/mol. The topological polar surface area (TPSA) is 12.0 Å². The molecule has 1 aromatic rings. The zero-order chi connectivity index (χ0) is 11.8. The first-order valence-corrected chi connectivity index (χ1v) is 6.68. The lowest BCUT2D eigenvalue weighted by Crippen LogP contribution is -2.14. The van der Waals surface area contributed by atoms with Crippen molar-refractivity contribution in [3.8, 4) is 0 Å². The third kappa shape index (κ3) is 5.08. The fourth-order valence-electron chi connectivity index (χ4n) is 1.56. The monoisotopic (exact) mass is 287 g/mol. The van der Waals surface area contributed by atoms with Crippen LogP contribution in [-0.2, 0) is 6.54 Å². The summed E-state index contributed by atoms with van der Waals surface area (Å²) in [5.41, 5.74) is 0.996. The molecule has 0 saturated carbocycles. The maximum Gasteiger partial charge on any atom is 0.137 e. The van der Waals surface area contributed by atoms with E-state index in [0.717, 1.165) is 18.7 Å². The number of hydrogen-bond donors (Lipinski definition) is 1. The Morgan fingerprint density at radius 3 is 2.75 bits per heavy atom. The predicted molar refractivity (Wildman–Crippen MR) is 69.9 cm³/mol. The summed E-state index contributed by atoms with van der Waals surface area (Å²) in [6.07, 6.45) is 5.04. The summed E-state index contributed by atoms with van der Waals surface area (Å²) in [4.78, 5) is 0. The molecule has 0 radical (unpaired) electrons. The summed E-state index contributed by atoms with van der Waals surface area (Å²) in [6, 6.07) is 5.26. The van der Waals surface area contributed by atoms with Crippen LogP contribution in [-0.4, -0.2) is 6.54 Å². The van der Waals surface area contributed by atoms with Crippen molar-refractivity contribution in [2.24, 2.45) is 0 Å². The van der Waals surface area contributed by atoms with Crippen molar-refractivity contribution in [1.29, 1.82) is 0 Å². The quantitative estimate of drug-likeness (QED) is 0.739. The second kappa shape index (κ2) is 7.80. The Morgan fingerprint density at radius 1 is 1.25 bits per heavy atom. The van der Waals surface area contributed by atoms with Crippen molar-refractivity contribution in [2.45, 2.75) is 39.2 Å². The third-order valence-corrected chi connectivity index (χ3v) is 3.16. The average molecular weight is 288 g/mol. The molecule has 1 aromatic carbocycles. The van der Waals surface area contributed by atoms with Gasteiger partial charge in [0.1, 0.15) is 5.82 Å². The highest BCUT2D eigenvalue weighted by Gasteiger charge is 1.99. The van der Waals surface area contributed by atoms with Gasteiger partial charge in [0.15, 0.2) is 0 Å². The van der Waals surface area contributed by atoms with E-state index in [4.69, 9.17) is 0 Å². The van der Waals surface area contributed by atoms with E-state index in [0.29, 0.717) is 4.47 Å². The molecule has 1 nitrogen and oxygen atoms in total. The summed E-state index contributed by atoms with van der Waals surface area (Å²) < 4.78 is 13.7. The second-order valence-electron chi connectivity index (χ2n) is 3.99. The first kappa shape index (κ1) is 13.7. The van der Waals surface area contributed by atoms with Gasteiger partial charge < -0.3 is 5.32 Å². The minimum absolute atomic E-state index is 0.190. The molecule has 0 spiro atoms. The molecule has 3 heteroatoms. The highest BCUT2D eigenvalue weighted by molar-refractivity contribution is 9.10. The molecule has 0 aliphatic rings. The maximum atomic E-state index is 13.2. The van der Waals surface area contributed by atoms with Crippen LogP contribution in [0.25, 0.3) is 0 Å². The number of unbranched alkanes of at least 4 members (excludes halogenated alkanes) is 3. The van der Waals surface area contributed by atoms with E-state index in [1.807, 2.05) is 6.07 Å². The van der Waals surface area contributed by atoms with Crippen LogP contribution in [0.15, 0.2) is 22.7 Å². The Hall–Kier alpha value is -0.410. The zero-order valence-electron chi connectivity index (χ0n) is 9.73. The summed E-state index contributed by atoms with van der Waals surface area (Å²) in [7, 11) is 0. The van der Waals surface area contributed by atoms with Gasteiger partial charge in [0.25, 0.3) is 0 Å². The lowest BCUT2D eigenvalue weighted by atomic mass is 10.2. The van der Waals surface area contributed by atoms with Gasteiger partial charge in [-0.25, -0.2) is 4.39 Å². The molecule has 0 heterocycles. The number of benzene rings is 1. The van der Waals surface area contributed by atoms with Crippen molar-refractivity contribution in [3.63, 3.8) is 0 Å². The van der Waals surface area contributed by atoms with Crippen molar-refractivity contribution < 1.29 is 4.39 Å². The largest absolute Gasteiger partial charge is 0.313 e. The average Bonchev–Trinajstić information content (AvgIpc) is 2.28. The predicted octanol–water partition coefficient (Wildman–Crippen LogP) is 4.26. The number of nitrogens with one attached hydrogen (secondary N) is 1. The van der Waals surface area contributed by atoms with Crippen LogP contribution >= 0.6 is 15.9 Å². The Balaban J connectivity index is 2.19. The lowest BCUT2D eigenvalue weighted by molar-refractivity contribution is 0.591. The van der Waals surface area contributed by atoms with Gasteiger partial charge in [-0.15, -0.1) is 0 Å². The first-order chi connectivity index (χ1) is 7.74. The van der Waals surface area contributed by atoms with Crippen molar-refractivity contribution in [3.05, 3.63) is 34.1 Å². The molecule has 0 unspecified atom stereocenters. The molecule has 0 aromatic heterocycles. The Kier molecular flexibility index (Phi) is 6.65. The zero-order valence-corrected chi connectivity index (χ0v) is 11.3. The van der Waals surface area contributed by atoms with E-state index in [-0.39, 0.29) is 5.82 Å². The first-order valence-electron chi connectivity index (χ1n) is 5.88. The third-order valence-electron chi connectivity index (χ3n) is 2.52. The summed E-state index contributed by atoms with van der Waals surface area (Å²) >= 11 is 3.14. The second-order valence-corrected chi connectivity index (χ2v) is 4.84. The summed E-state index contributed by atoms with van der Waals surface area (Å²) in [5, 5.41) is 3.33. The van der Waals surface area contributed by atoms with Crippen LogP contribution in [0, 0.1) is 5.82 Å². The summed E-state index contributed by atoms with van der Waals surface area (Å²) in [5.74, 6) is -0.190. The highest BCUT2D eigenvalue weighted by atomic mass is 79.9. The number of halogens is 2. The highest BCUT2D eigenvalue weighted by Crippen LogP contribution is 2.16. The van der Waals surface area contributed by atoms with Crippen molar-refractivity contribution >= 4 is 15.9 Å². The standard InChI is InChI=1S/C13H19BrFN/c1-2-3-4-5-8-16-10-11-6-7-12(14)13(15)9-11/h6-7,9,16H,2-5,8,10H2,1H3.